The van der Waals surface area contributed by atoms with Crippen molar-refractivity contribution in [3.05, 3.63) is 35.9 Å². The summed E-state index contributed by atoms with van der Waals surface area (Å²) >= 11 is 0. The summed E-state index contributed by atoms with van der Waals surface area (Å²) in [6.45, 7) is 17.6. The number of carbonyl (C=O) groups excluding carboxylic acids is 3. The smallest absolute Gasteiger partial charge is 0.332 e. The molecule has 40 heavy (non-hydrogen) atoms. The number of carboxylic acid groups (broad SMARTS) is 1. The molecule has 0 heterocycles. The van der Waals surface area contributed by atoms with Gasteiger partial charge < -0.3 is 19.3 Å². The highest BCUT2D eigenvalue weighted by Gasteiger charge is 2.48. The van der Waals surface area contributed by atoms with Crippen LogP contribution in [0.5, 0.6) is 0 Å². The molecule has 0 bridgehead atoms. The molecule has 0 aromatic heterocycles. The number of ketones is 2. The first kappa shape index (κ1) is 35.4. The van der Waals surface area contributed by atoms with E-state index in [1.807, 2.05) is 51.1 Å². The van der Waals surface area contributed by atoms with Gasteiger partial charge in [0.1, 0.15) is 12.7 Å². The predicted molar refractivity (Wildman–Crippen MR) is 154 cm³/mol. The molecule has 0 fully saturated rings. The minimum absolute atomic E-state index is 0.0566. The van der Waals surface area contributed by atoms with Crippen molar-refractivity contribution in [3.8, 4) is 0 Å². The van der Waals surface area contributed by atoms with E-state index >= 15 is 0 Å². The zero-order chi connectivity index (χ0) is 30.9. The Balaban J connectivity index is 2.98. The summed E-state index contributed by atoms with van der Waals surface area (Å²) in [7, 11) is 0. The maximum Gasteiger partial charge on any atom is 0.332 e. The van der Waals surface area contributed by atoms with Crippen LogP contribution < -0.4 is 0 Å². The number of benzene rings is 1. The molecule has 8 nitrogen and oxygen atoms in total. The first-order chi connectivity index (χ1) is 18.2. The highest BCUT2D eigenvalue weighted by molar-refractivity contribution is 5.91. The summed E-state index contributed by atoms with van der Waals surface area (Å²) in [5.41, 5.74) is -2.72. The van der Waals surface area contributed by atoms with E-state index in [1.165, 1.54) is 0 Å². The van der Waals surface area contributed by atoms with Crippen LogP contribution in [-0.4, -0.2) is 52.5 Å². The first-order valence-corrected chi connectivity index (χ1v) is 14.1. The third kappa shape index (κ3) is 11.1. The van der Waals surface area contributed by atoms with Crippen LogP contribution >= 0.6 is 0 Å². The zero-order valence-electron chi connectivity index (χ0n) is 26.1. The number of carboxylic acids is 1. The molecule has 0 spiro atoms. The Labute approximate surface area is 240 Å². The Kier molecular flexibility index (Phi) is 12.7. The monoisotopic (exact) mass is 562 g/mol. The highest BCUT2D eigenvalue weighted by Crippen LogP contribution is 2.41. The van der Waals surface area contributed by atoms with Crippen molar-refractivity contribution in [1.29, 1.82) is 0 Å². The van der Waals surface area contributed by atoms with E-state index in [-0.39, 0.29) is 18.0 Å². The van der Waals surface area contributed by atoms with E-state index in [9.17, 15) is 19.2 Å². The predicted octanol–water partition coefficient (Wildman–Crippen LogP) is 6.50. The number of hydrogen-bond acceptors (Lipinski definition) is 7. The standard InChI is InChI=1S/C32H50O8/c1-29(2,3)27(36)23(19-15-12-16-20-24(33)34)39-25(35)21-38-32(9,10)31(7,8)28(37)26(40-30(4,5)6)22-17-13-11-14-18-22/h11,13-14,17-18,23,26H,12,15-16,19-21H2,1-10H3,(H,33,34). The Bertz CT molecular complexity index is 996. The lowest BCUT2D eigenvalue weighted by atomic mass is 9.71. The number of esters is 1. The summed E-state index contributed by atoms with van der Waals surface area (Å²) in [5, 5.41) is 8.82. The molecule has 0 saturated heterocycles. The maximum absolute atomic E-state index is 13.9. The number of carbonyl (C=O) groups is 4. The van der Waals surface area contributed by atoms with E-state index in [0.29, 0.717) is 25.7 Å². The summed E-state index contributed by atoms with van der Waals surface area (Å²) in [6.07, 6.45) is 0.219. The quantitative estimate of drug-likeness (QED) is 0.179. The Hall–Kier alpha value is -2.58. The molecule has 1 aromatic carbocycles. The van der Waals surface area contributed by atoms with E-state index in [0.717, 1.165) is 5.56 Å². The van der Waals surface area contributed by atoms with Gasteiger partial charge in [-0.15, -0.1) is 0 Å². The topological polar surface area (TPSA) is 116 Å². The van der Waals surface area contributed by atoms with Gasteiger partial charge in [-0.2, -0.15) is 0 Å². The molecule has 226 valence electrons. The number of rotatable bonds is 16. The van der Waals surface area contributed by atoms with Crippen LogP contribution in [0.15, 0.2) is 30.3 Å². The molecule has 0 saturated carbocycles. The van der Waals surface area contributed by atoms with Gasteiger partial charge in [-0.05, 0) is 59.4 Å². The molecule has 2 atom stereocenters. The second-order valence-electron chi connectivity index (χ2n) is 13.4. The Morgan fingerprint density at radius 1 is 0.800 bits per heavy atom. The summed E-state index contributed by atoms with van der Waals surface area (Å²) in [5.74, 6) is -1.96. The van der Waals surface area contributed by atoms with Gasteiger partial charge in [0.2, 0.25) is 0 Å². The summed E-state index contributed by atoms with van der Waals surface area (Å²) in [4.78, 5) is 50.5. The van der Waals surface area contributed by atoms with Gasteiger partial charge in [0.25, 0.3) is 0 Å². The molecule has 0 aliphatic carbocycles. The van der Waals surface area contributed by atoms with Crippen LogP contribution in [0.3, 0.4) is 0 Å². The van der Waals surface area contributed by atoms with Crippen LogP contribution in [-0.2, 0) is 33.4 Å². The van der Waals surface area contributed by atoms with Gasteiger partial charge in [-0.3, -0.25) is 14.4 Å². The molecule has 0 aliphatic heterocycles. The van der Waals surface area contributed by atoms with E-state index in [1.54, 1.807) is 48.5 Å². The van der Waals surface area contributed by atoms with Crippen molar-refractivity contribution in [1.82, 2.24) is 0 Å². The van der Waals surface area contributed by atoms with Gasteiger partial charge in [-0.1, -0.05) is 71.4 Å². The van der Waals surface area contributed by atoms with Crippen LogP contribution in [0.25, 0.3) is 0 Å². The second-order valence-corrected chi connectivity index (χ2v) is 13.4. The molecule has 1 rings (SSSR count). The average Bonchev–Trinajstić information content (AvgIpc) is 2.83. The molecule has 2 unspecified atom stereocenters. The van der Waals surface area contributed by atoms with Crippen molar-refractivity contribution in [2.75, 3.05) is 6.61 Å². The van der Waals surface area contributed by atoms with Crippen molar-refractivity contribution >= 4 is 23.5 Å². The lowest BCUT2D eigenvalue weighted by Crippen LogP contribution is -2.50. The van der Waals surface area contributed by atoms with E-state index in [4.69, 9.17) is 19.3 Å². The average molecular weight is 563 g/mol. The molecule has 0 amide bonds. The SMILES string of the molecule is CC(C)(C)OC(C(=O)C(C)(C)C(C)(C)OCC(=O)OC(CCCCCC(=O)O)C(=O)C(C)(C)C)c1ccccc1. The number of ether oxygens (including phenoxy) is 3. The third-order valence-corrected chi connectivity index (χ3v) is 7.15. The maximum atomic E-state index is 13.9. The normalized spacial score (nSPS) is 14.3. The highest BCUT2D eigenvalue weighted by atomic mass is 16.6. The summed E-state index contributed by atoms with van der Waals surface area (Å²) in [6, 6.07) is 9.29. The lowest BCUT2D eigenvalue weighted by Gasteiger charge is -2.42. The van der Waals surface area contributed by atoms with Crippen LogP contribution in [0.1, 0.15) is 113 Å². The van der Waals surface area contributed by atoms with Gasteiger partial charge in [0.15, 0.2) is 17.7 Å². The molecule has 8 heteroatoms. The number of Topliss-reactive ketones (excluding diaryl/α,β-unsaturated/α-hetero) is 2. The Morgan fingerprint density at radius 2 is 1.38 bits per heavy atom. The minimum atomic E-state index is -1.09. The third-order valence-electron chi connectivity index (χ3n) is 7.15. The molecule has 0 aliphatic rings. The molecular formula is C32H50O8. The van der Waals surface area contributed by atoms with Gasteiger partial charge in [0, 0.05) is 11.8 Å². The first-order valence-electron chi connectivity index (χ1n) is 14.1. The fourth-order valence-corrected chi connectivity index (χ4v) is 4.00. The molecule has 1 aromatic rings. The van der Waals surface area contributed by atoms with Crippen LogP contribution in [0, 0.1) is 10.8 Å². The van der Waals surface area contributed by atoms with Crippen LogP contribution in [0.2, 0.25) is 0 Å². The fraction of sp³-hybridized carbons (Fsp3) is 0.688. The lowest BCUT2D eigenvalue weighted by molar-refractivity contribution is -0.180. The number of aliphatic carboxylic acids is 1. The fourth-order valence-electron chi connectivity index (χ4n) is 4.00. The van der Waals surface area contributed by atoms with E-state index < -0.39 is 52.8 Å². The Morgan fingerprint density at radius 3 is 1.88 bits per heavy atom. The largest absolute Gasteiger partial charge is 0.481 e. The van der Waals surface area contributed by atoms with Crippen molar-refractivity contribution < 1.29 is 38.5 Å². The van der Waals surface area contributed by atoms with Crippen molar-refractivity contribution in [3.63, 3.8) is 0 Å². The van der Waals surface area contributed by atoms with E-state index in [2.05, 4.69) is 0 Å². The van der Waals surface area contributed by atoms with Crippen LogP contribution in [0.4, 0.5) is 0 Å². The molecular weight excluding hydrogens is 512 g/mol. The summed E-state index contributed by atoms with van der Waals surface area (Å²) < 4.78 is 17.8. The van der Waals surface area contributed by atoms with Crippen molar-refractivity contribution in [2.45, 2.75) is 125 Å². The van der Waals surface area contributed by atoms with Gasteiger partial charge in [-0.25, -0.2) is 4.79 Å². The van der Waals surface area contributed by atoms with Crippen molar-refractivity contribution in [2.24, 2.45) is 10.8 Å². The zero-order valence-corrected chi connectivity index (χ0v) is 26.1. The second kappa shape index (κ2) is 14.4. The van der Waals surface area contributed by atoms with Gasteiger partial charge >= 0.3 is 11.9 Å². The number of unbranched alkanes of at least 4 members (excludes halogenated alkanes) is 2. The number of hydrogen-bond donors (Lipinski definition) is 1. The van der Waals surface area contributed by atoms with Gasteiger partial charge in [0.05, 0.1) is 16.6 Å². The molecule has 1 N–H and O–H groups in total. The minimum Gasteiger partial charge on any atom is -0.481 e. The molecule has 0 radical (unpaired) electrons.